The van der Waals surface area contributed by atoms with Crippen LogP contribution in [0.5, 0.6) is 5.06 Å². The predicted octanol–water partition coefficient (Wildman–Crippen LogP) is 2.35. The predicted molar refractivity (Wildman–Crippen MR) is 56.2 cm³/mol. The van der Waals surface area contributed by atoms with E-state index in [9.17, 15) is 0 Å². The topological polar surface area (TPSA) is 31.4 Å². The van der Waals surface area contributed by atoms with E-state index in [0.29, 0.717) is 5.92 Å². The molecule has 78 valence electrons. The number of hydrogen-bond donors (Lipinski definition) is 0. The van der Waals surface area contributed by atoms with Crippen LogP contribution in [-0.4, -0.2) is 25.3 Å². The largest absolute Gasteiger partial charge is 0.486 e. The molecule has 4 heteroatoms. The highest BCUT2D eigenvalue weighted by atomic mass is 32.1. The van der Waals surface area contributed by atoms with Gasteiger partial charge in [0.25, 0.3) is 0 Å². The fourth-order valence-corrected chi connectivity index (χ4v) is 2.76. The summed E-state index contributed by atoms with van der Waals surface area (Å²) in [5, 5.41) is 2.16. The fraction of sp³-hybridized carbons (Fsp3) is 0.700. The molecule has 0 atom stereocenters. The van der Waals surface area contributed by atoms with Gasteiger partial charge in [-0.15, -0.1) is 0 Å². The van der Waals surface area contributed by atoms with Crippen molar-refractivity contribution in [3.63, 3.8) is 0 Å². The van der Waals surface area contributed by atoms with Crippen LogP contribution in [0.3, 0.4) is 0 Å². The Hall–Kier alpha value is -0.610. The lowest BCUT2D eigenvalue weighted by molar-refractivity contribution is 0.0852. The molecule has 1 aliphatic heterocycles. The minimum Gasteiger partial charge on any atom is -0.486 e. The Balaban J connectivity index is 2.14. The molecule has 0 spiro atoms. The maximum Gasteiger partial charge on any atom is 0.196 e. The smallest absolute Gasteiger partial charge is 0.196 e. The third-order valence-electron chi connectivity index (χ3n) is 2.53. The Morgan fingerprint density at radius 1 is 1.43 bits per heavy atom. The van der Waals surface area contributed by atoms with E-state index in [1.165, 1.54) is 5.01 Å². The van der Waals surface area contributed by atoms with E-state index in [0.717, 1.165) is 36.8 Å². The molecule has 0 saturated carbocycles. The molecule has 0 unspecified atom stereocenters. The van der Waals surface area contributed by atoms with Crippen molar-refractivity contribution in [3.05, 3.63) is 10.7 Å². The number of ether oxygens (including phenoxy) is 2. The monoisotopic (exact) mass is 213 g/mol. The molecule has 0 aliphatic carbocycles. The molecule has 14 heavy (non-hydrogen) atoms. The van der Waals surface area contributed by atoms with E-state index < -0.39 is 0 Å². The Kier molecular flexibility index (Phi) is 3.03. The number of hydrogen-bond acceptors (Lipinski definition) is 4. The van der Waals surface area contributed by atoms with Crippen LogP contribution in [0, 0.1) is 6.92 Å². The third-order valence-corrected chi connectivity index (χ3v) is 3.81. The highest BCUT2D eigenvalue weighted by molar-refractivity contribution is 7.13. The first-order valence-electron chi connectivity index (χ1n) is 4.90. The fourth-order valence-electron chi connectivity index (χ4n) is 1.71. The summed E-state index contributed by atoms with van der Waals surface area (Å²) >= 11 is 1.68. The number of thiazole rings is 1. The van der Waals surface area contributed by atoms with Crippen molar-refractivity contribution >= 4 is 11.3 Å². The van der Waals surface area contributed by atoms with Crippen molar-refractivity contribution in [1.29, 1.82) is 0 Å². The van der Waals surface area contributed by atoms with Gasteiger partial charge in [-0.3, -0.25) is 0 Å². The molecular weight excluding hydrogens is 198 g/mol. The van der Waals surface area contributed by atoms with Gasteiger partial charge in [-0.2, -0.15) is 0 Å². The summed E-state index contributed by atoms with van der Waals surface area (Å²) in [6.07, 6.45) is 2.19. The van der Waals surface area contributed by atoms with Gasteiger partial charge in [-0.05, 0) is 19.8 Å². The first kappa shape index (κ1) is 9.93. The maximum absolute atomic E-state index is 5.33. The van der Waals surface area contributed by atoms with E-state index in [1.807, 2.05) is 6.92 Å². The molecule has 1 saturated heterocycles. The van der Waals surface area contributed by atoms with E-state index in [4.69, 9.17) is 9.47 Å². The lowest BCUT2D eigenvalue weighted by Gasteiger charge is -2.19. The summed E-state index contributed by atoms with van der Waals surface area (Å²) < 4.78 is 10.6. The lowest BCUT2D eigenvalue weighted by atomic mass is 10.0. The first-order chi connectivity index (χ1) is 6.81. The number of aryl methyl sites for hydroxylation is 1. The van der Waals surface area contributed by atoms with Crippen molar-refractivity contribution in [3.8, 4) is 5.06 Å². The van der Waals surface area contributed by atoms with E-state index >= 15 is 0 Å². The molecule has 0 bridgehead atoms. The van der Waals surface area contributed by atoms with Gasteiger partial charge in [0.1, 0.15) is 0 Å². The number of nitrogens with zero attached hydrogens (tertiary/aromatic N) is 1. The average molecular weight is 213 g/mol. The Morgan fingerprint density at radius 3 is 2.71 bits per heavy atom. The molecule has 0 amide bonds. The van der Waals surface area contributed by atoms with Gasteiger partial charge in [-0.25, -0.2) is 4.98 Å². The Morgan fingerprint density at radius 2 is 2.14 bits per heavy atom. The van der Waals surface area contributed by atoms with Crippen LogP contribution in [0.4, 0.5) is 0 Å². The molecule has 1 aromatic heterocycles. The first-order valence-corrected chi connectivity index (χ1v) is 5.72. The van der Waals surface area contributed by atoms with Gasteiger partial charge < -0.3 is 9.47 Å². The molecule has 0 radical (unpaired) electrons. The summed E-state index contributed by atoms with van der Waals surface area (Å²) in [6, 6.07) is 0. The number of aromatic nitrogens is 1. The second-order valence-corrected chi connectivity index (χ2v) is 4.51. The molecular formula is C10H15NO2S. The van der Waals surface area contributed by atoms with Crippen molar-refractivity contribution in [2.24, 2.45) is 0 Å². The second-order valence-electron chi connectivity index (χ2n) is 3.52. The number of rotatable bonds is 2. The lowest BCUT2D eigenvalue weighted by Crippen LogP contribution is -2.13. The van der Waals surface area contributed by atoms with Gasteiger partial charge in [0, 0.05) is 19.1 Å². The van der Waals surface area contributed by atoms with Gasteiger partial charge in [0.2, 0.25) is 0 Å². The summed E-state index contributed by atoms with van der Waals surface area (Å²) in [5.41, 5.74) is 1.01. The molecule has 1 aliphatic rings. The zero-order valence-corrected chi connectivity index (χ0v) is 9.39. The van der Waals surface area contributed by atoms with Crippen LogP contribution < -0.4 is 4.74 Å². The summed E-state index contributed by atoms with van der Waals surface area (Å²) in [4.78, 5) is 4.54. The van der Waals surface area contributed by atoms with E-state index in [2.05, 4.69) is 4.98 Å². The van der Waals surface area contributed by atoms with Crippen LogP contribution in [0.25, 0.3) is 0 Å². The average Bonchev–Trinajstić information content (AvgIpc) is 2.61. The molecule has 1 fully saturated rings. The Bertz CT molecular complexity index is 305. The minimum atomic E-state index is 0.580. The summed E-state index contributed by atoms with van der Waals surface area (Å²) in [5.74, 6) is 0.580. The van der Waals surface area contributed by atoms with E-state index in [1.54, 1.807) is 18.4 Å². The minimum absolute atomic E-state index is 0.580. The SMILES string of the molecule is COc1sc(C2CCOCC2)nc1C. The van der Waals surface area contributed by atoms with Crippen molar-refractivity contribution in [1.82, 2.24) is 4.98 Å². The van der Waals surface area contributed by atoms with Gasteiger partial charge in [0.05, 0.1) is 17.8 Å². The van der Waals surface area contributed by atoms with Crippen LogP contribution in [0.15, 0.2) is 0 Å². The normalized spacial score (nSPS) is 18.4. The highest BCUT2D eigenvalue weighted by Gasteiger charge is 2.20. The second kappa shape index (κ2) is 4.28. The summed E-state index contributed by atoms with van der Waals surface area (Å²) in [6.45, 7) is 3.73. The van der Waals surface area contributed by atoms with Crippen molar-refractivity contribution < 1.29 is 9.47 Å². The van der Waals surface area contributed by atoms with Gasteiger partial charge >= 0.3 is 0 Å². The Labute approximate surface area is 88.1 Å². The van der Waals surface area contributed by atoms with Crippen LogP contribution >= 0.6 is 11.3 Å². The highest BCUT2D eigenvalue weighted by Crippen LogP contribution is 2.35. The molecule has 1 aromatic rings. The molecule has 0 aromatic carbocycles. The zero-order valence-electron chi connectivity index (χ0n) is 8.58. The maximum atomic E-state index is 5.33. The van der Waals surface area contributed by atoms with E-state index in [-0.39, 0.29) is 0 Å². The van der Waals surface area contributed by atoms with Crippen molar-refractivity contribution in [2.45, 2.75) is 25.7 Å². The van der Waals surface area contributed by atoms with Crippen LogP contribution in [0.1, 0.15) is 29.5 Å². The number of methoxy groups -OCH3 is 1. The summed E-state index contributed by atoms with van der Waals surface area (Å²) in [7, 11) is 1.70. The van der Waals surface area contributed by atoms with Crippen molar-refractivity contribution in [2.75, 3.05) is 20.3 Å². The quantitative estimate of drug-likeness (QED) is 0.755. The zero-order chi connectivity index (χ0) is 9.97. The standard InChI is InChI=1S/C10H15NO2S/c1-7-10(12-2)14-9(11-7)8-3-5-13-6-4-8/h8H,3-6H2,1-2H3. The molecule has 3 nitrogen and oxygen atoms in total. The van der Waals surface area contributed by atoms with Crippen LogP contribution in [-0.2, 0) is 4.74 Å². The van der Waals surface area contributed by atoms with Gasteiger partial charge in [0.15, 0.2) is 5.06 Å². The molecule has 2 rings (SSSR count). The molecule has 2 heterocycles. The third kappa shape index (κ3) is 1.91. The van der Waals surface area contributed by atoms with Crippen LogP contribution in [0.2, 0.25) is 0 Å². The van der Waals surface area contributed by atoms with Gasteiger partial charge in [-0.1, -0.05) is 11.3 Å². The molecule has 0 N–H and O–H groups in total.